The highest BCUT2D eigenvalue weighted by Gasteiger charge is 2.50. The average Bonchev–Trinajstić information content (AvgIpc) is 3.12. The minimum Gasteiger partial charge on any atom is -0.480 e. The van der Waals surface area contributed by atoms with Gasteiger partial charge in [-0.2, -0.15) is 4.72 Å². The molecule has 6 heteroatoms. The molecule has 1 atom stereocenters. The van der Waals surface area contributed by atoms with Crippen LogP contribution in [0.5, 0.6) is 0 Å². The number of carboxylic acids is 1. The number of rotatable bonds is 5. The van der Waals surface area contributed by atoms with Gasteiger partial charge < -0.3 is 5.11 Å². The van der Waals surface area contributed by atoms with Crippen molar-refractivity contribution in [2.45, 2.75) is 37.1 Å². The average molecular weight is 283 g/mol. The summed E-state index contributed by atoms with van der Waals surface area (Å²) in [6.45, 7) is 3.12. The van der Waals surface area contributed by atoms with Gasteiger partial charge >= 0.3 is 5.97 Å². The van der Waals surface area contributed by atoms with Crippen molar-refractivity contribution in [1.29, 1.82) is 0 Å². The lowest BCUT2D eigenvalue weighted by Gasteiger charge is -2.26. The van der Waals surface area contributed by atoms with E-state index in [0.29, 0.717) is 5.56 Å². The lowest BCUT2D eigenvalue weighted by atomic mass is 9.98. The first-order valence-corrected chi connectivity index (χ1v) is 7.58. The van der Waals surface area contributed by atoms with Crippen LogP contribution < -0.4 is 4.72 Å². The lowest BCUT2D eigenvalue weighted by Crippen LogP contribution is -2.53. The highest BCUT2D eigenvalue weighted by atomic mass is 32.2. The smallest absolute Gasteiger partial charge is 0.324 e. The van der Waals surface area contributed by atoms with Crippen molar-refractivity contribution in [1.82, 2.24) is 4.72 Å². The third kappa shape index (κ3) is 2.64. The van der Waals surface area contributed by atoms with Crippen LogP contribution in [0.4, 0.5) is 0 Å². The Balaban J connectivity index is 2.36. The maximum absolute atomic E-state index is 12.3. The number of sulfonamides is 1. The molecule has 2 N–H and O–H groups in total. The molecule has 5 nitrogen and oxygen atoms in total. The number of nitrogens with one attached hydrogen (secondary N) is 1. The van der Waals surface area contributed by atoms with Gasteiger partial charge in [-0.3, -0.25) is 4.79 Å². The van der Waals surface area contributed by atoms with Gasteiger partial charge in [-0.15, -0.1) is 0 Å². The molecule has 1 aromatic carbocycles. The van der Waals surface area contributed by atoms with Crippen LogP contribution in [-0.4, -0.2) is 25.0 Å². The molecule has 1 fully saturated rings. The van der Waals surface area contributed by atoms with Crippen molar-refractivity contribution in [3.05, 3.63) is 29.8 Å². The molecule has 1 aromatic rings. The van der Waals surface area contributed by atoms with Crippen LogP contribution in [-0.2, 0) is 14.8 Å². The van der Waals surface area contributed by atoms with Crippen LogP contribution >= 0.6 is 0 Å². The van der Waals surface area contributed by atoms with Gasteiger partial charge in [-0.1, -0.05) is 18.2 Å². The minimum absolute atomic E-state index is 0.128. The molecule has 0 spiro atoms. The third-order valence-corrected chi connectivity index (χ3v) is 5.30. The zero-order valence-electron chi connectivity index (χ0n) is 10.9. The summed E-state index contributed by atoms with van der Waals surface area (Å²) in [6, 6.07) is 6.53. The Morgan fingerprint density at radius 2 is 1.95 bits per heavy atom. The summed E-state index contributed by atoms with van der Waals surface area (Å²) >= 11 is 0. The summed E-state index contributed by atoms with van der Waals surface area (Å²) < 4.78 is 27.0. The number of hydrogen-bond donors (Lipinski definition) is 2. The highest BCUT2D eigenvalue weighted by Crippen LogP contribution is 2.40. The van der Waals surface area contributed by atoms with Gasteiger partial charge in [0.05, 0.1) is 4.90 Å². The van der Waals surface area contributed by atoms with Crippen LogP contribution in [0.1, 0.15) is 25.3 Å². The van der Waals surface area contributed by atoms with E-state index in [4.69, 9.17) is 0 Å². The van der Waals surface area contributed by atoms with E-state index in [1.165, 1.54) is 13.0 Å². The molecule has 0 saturated heterocycles. The fraction of sp³-hybridized carbons (Fsp3) is 0.462. The monoisotopic (exact) mass is 283 g/mol. The lowest BCUT2D eigenvalue weighted by molar-refractivity contribution is -0.144. The predicted octanol–water partition coefficient (Wildman–Crippen LogP) is 1.53. The molecule has 19 heavy (non-hydrogen) atoms. The van der Waals surface area contributed by atoms with E-state index in [9.17, 15) is 18.3 Å². The van der Waals surface area contributed by atoms with Crippen LogP contribution in [0.2, 0.25) is 0 Å². The number of carboxylic acid groups (broad SMARTS) is 1. The number of benzene rings is 1. The molecule has 104 valence electrons. The topological polar surface area (TPSA) is 83.5 Å². The van der Waals surface area contributed by atoms with E-state index < -0.39 is 21.5 Å². The molecular formula is C13H17NO4S. The Morgan fingerprint density at radius 3 is 2.42 bits per heavy atom. The van der Waals surface area contributed by atoms with Gasteiger partial charge in [0.15, 0.2) is 0 Å². The Labute approximate surface area is 112 Å². The second-order valence-electron chi connectivity index (χ2n) is 5.15. The first kappa shape index (κ1) is 14.0. The van der Waals surface area contributed by atoms with E-state index in [1.54, 1.807) is 25.1 Å². The summed E-state index contributed by atoms with van der Waals surface area (Å²) in [4.78, 5) is 11.5. The summed E-state index contributed by atoms with van der Waals surface area (Å²) in [5.74, 6) is -1.27. The van der Waals surface area contributed by atoms with Gasteiger partial charge in [0.1, 0.15) is 5.54 Å². The maximum atomic E-state index is 12.3. The summed E-state index contributed by atoms with van der Waals surface area (Å²) in [5.41, 5.74) is -0.834. The van der Waals surface area contributed by atoms with E-state index >= 15 is 0 Å². The number of aliphatic carboxylic acids is 1. The summed E-state index contributed by atoms with van der Waals surface area (Å²) in [7, 11) is -3.83. The van der Waals surface area contributed by atoms with Crippen molar-refractivity contribution >= 4 is 16.0 Å². The van der Waals surface area contributed by atoms with Gasteiger partial charge in [0, 0.05) is 0 Å². The fourth-order valence-corrected chi connectivity index (χ4v) is 3.83. The number of carbonyl (C=O) groups is 1. The van der Waals surface area contributed by atoms with Crippen LogP contribution in [0, 0.1) is 12.8 Å². The third-order valence-electron chi connectivity index (χ3n) is 3.57. The van der Waals surface area contributed by atoms with Crippen LogP contribution in [0.15, 0.2) is 29.2 Å². The molecule has 0 heterocycles. The van der Waals surface area contributed by atoms with Crippen LogP contribution in [0.3, 0.4) is 0 Å². The quantitative estimate of drug-likeness (QED) is 0.858. The van der Waals surface area contributed by atoms with E-state index in [0.717, 1.165) is 12.8 Å². The van der Waals surface area contributed by atoms with Gasteiger partial charge in [-0.25, -0.2) is 8.42 Å². The Morgan fingerprint density at radius 1 is 1.37 bits per heavy atom. The largest absolute Gasteiger partial charge is 0.480 e. The maximum Gasteiger partial charge on any atom is 0.324 e. The molecule has 0 aromatic heterocycles. The first-order chi connectivity index (χ1) is 8.77. The molecule has 1 unspecified atom stereocenters. The second-order valence-corrected chi connectivity index (χ2v) is 6.80. The molecule has 1 saturated carbocycles. The van der Waals surface area contributed by atoms with E-state index in [1.807, 2.05) is 0 Å². The van der Waals surface area contributed by atoms with E-state index in [2.05, 4.69) is 4.72 Å². The van der Waals surface area contributed by atoms with Gasteiger partial charge in [0.25, 0.3) is 0 Å². The number of hydrogen-bond acceptors (Lipinski definition) is 3. The Bertz CT molecular complexity index is 607. The molecule has 2 rings (SSSR count). The minimum atomic E-state index is -3.83. The SMILES string of the molecule is Cc1ccccc1S(=O)(=O)NC(C)(C(=O)O)C1CC1. The molecule has 0 aliphatic heterocycles. The first-order valence-electron chi connectivity index (χ1n) is 6.10. The Hall–Kier alpha value is -1.40. The fourth-order valence-electron chi connectivity index (χ4n) is 2.15. The molecule has 0 amide bonds. The van der Waals surface area contributed by atoms with E-state index in [-0.39, 0.29) is 10.8 Å². The van der Waals surface area contributed by atoms with Gasteiger partial charge in [0.2, 0.25) is 10.0 Å². The molecule has 0 bridgehead atoms. The molecule has 0 radical (unpaired) electrons. The van der Waals surface area contributed by atoms with Crippen molar-refractivity contribution in [3.8, 4) is 0 Å². The van der Waals surface area contributed by atoms with Crippen molar-refractivity contribution in [2.75, 3.05) is 0 Å². The zero-order valence-corrected chi connectivity index (χ0v) is 11.7. The van der Waals surface area contributed by atoms with Crippen molar-refractivity contribution < 1.29 is 18.3 Å². The standard InChI is InChI=1S/C13H17NO4S/c1-9-5-3-4-6-11(9)19(17,18)14-13(2,12(15)16)10-7-8-10/h3-6,10,14H,7-8H2,1-2H3,(H,15,16). The highest BCUT2D eigenvalue weighted by molar-refractivity contribution is 7.89. The van der Waals surface area contributed by atoms with Crippen molar-refractivity contribution in [3.63, 3.8) is 0 Å². The predicted molar refractivity (Wildman–Crippen MR) is 70.3 cm³/mol. The number of aryl methyl sites for hydroxylation is 1. The molecular weight excluding hydrogens is 266 g/mol. The summed E-state index contributed by atoms with van der Waals surface area (Å²) in [5, 5.41) is 9.30. The van der Waals surface area contributed by atoms with Crippen molar-refractivity contribution in [2.24, 2.45) is 5.92 Å². The Kier molecular flexibility index (Phi) is 3.40. The second kappa shape index (κ2) is 4.61. The summed E-state index contributed by atoms with van der Waals surface area (Å²) in [6.07, 6.45) is 1.47. The van der Waals surface area contributed by atoms with Crippen LogP contribution in [0.25, 0.3) is 0 Å². The normalized spacial score (nSPS) is 18.8. The zero-order chi connectivity index (χ0) is 14.3. The molecule has 1 aliphatic rings. The van der Waals surface area contributed by atoms with Gasteiger partial charge in [-0.05, 0) is 44.2 Å². The molecule has 1 aliphatic carbocycles.